The number of rotatable bonds is 10. The maximum atomic E-state index is 13.0. The van der Waals surface area contributed by atoms with Crippen molar-refractivity contribution < 1.29 is 33.7 Å². The summed E-state index contributed by atoms with van der Waals surface area (Å²) in [7, 11) is 4.24. The first-order valence-corrected chi connectivity index (χ1v) is 10.2. The lowest BCUT2D eigenvalue weighted by Gasteiger charge is -2.49. The minimum atomic E-state index is -1.39. The van der Waals surface area contributed by atoms with Crippen LogP contribution in [-0.2, 0) is 16.0 Å². The van der Waals surface area contributed by atoms with Gasteiger partial charge in [-0.05, 0) is 49.4 Å². The molecule has 0 radical (unpaired) electrons. The molecule has 1 amide bonds. The summed E-state index contributed by atoms with van der Waals surface area (Å²) in [6, 6.07) is 6.49. The second kappa shape index (κ2) is 9.67. The van der Waals surface area contributed by atoms with Gasteiger partial charge in [0.1, 0.15) is 5.54 Å². The second-order valence-electron chi connectivity index (χ2n) is 7.50. The first-order chi connectivity index (χ1) is 15.4. The number of nitrogens with zero attached hydrogens (tertiary/aromatic N) is 2. The molecule has 3 rings (SSSR count). The van der Waals surface area contributed by atoms with Crippen molar-refractivity contribution in [2.75, 3.05) is 27.9 Å². The number of carbonyl (C=O) groups is 3. The lowest BCUT2D eigenvalue weighted by atomic mass is 9.79. The Morgan fingerprint density at radius 1 is 1.12 bits per heavy atom. The Hall–Kier alpha value is -3.62. The Labute approximate surface area is 185 Å². The van der Waals surface area contributed by atoms with E-state index in [1.54, 1.807) is 12.4 Å². The van der Waals surface area contributed by atoms with E-state index in [0.717, 1.165) is 10.5 Å². The Morgan fingerprint density at radius 3 is 2.28 bits per heavy atom. The van der Waals surface area contributed by atoms with E-state index in [2.05, 4.69) is 4.98 Å². The molecule has 1 aromatic heterocycles. The standard InChI is InChI=1S/C23H26N2O7/c1-30-17-12-16(13-18(31-2)20(17)32-3)19(26)21(27)25-11-9-23(25,22(28)29)8-4-6-15-7-5-10-24-14-15/h5,7,10,12-14H,4,6,8-9,11H2,1-3H3,(H,28,29)/t23-/m0/s1. The fourth-order valence-corrected chi connectivity index (χ4v) is 3.97. The van der Waals surface area contributed by atoms with Crippen molar-refractivity contribution in [3.05, 3.63) is 47.8 Å². The maximum absolute atomic E-state index is 13.0. The fourth-order valence-electron chi connectivity index (χ4n) is 3.97. The molecule has 9 nitrogen and oxygen atoms in total. The molecule has 0 unspecified atom stereocenters. The van der Waals surface area contributed by atoms with Gasteiger partial charge in [0, 0.05) is 24.5 Å². The van der Waals surface area contributed by atoms with Crippen molar-refractivity contribution in [1.29, 1.82) is 0 Å². The second-order valence-corrected chi connectivity index (χ2v) is 7.50. The van der Waals surface area contributed by atoms with E-state index in [0.29, 0.717) is 25.0 Å². The van der Waals surface area contributed by atoms with Gasteiger partial charge in [0.25, 0.3) is 11.7 Å². The topological polar surface area (TPSA) is 115 Å². The van der Waals surface area contributed by atoms with Crippen LogP contribution in [0.5, 0.6) is 17.2 Å². The molecule has 9 heteroatoms. The van der Waals surface area contributed by atoms with Crippen LogP contribution in [0.15, 0.2) is 36.7 Å². The minimum absolute atomic E-state index is 0.0334. The molecule has 1 fully saturated rings. The number of ketones is 1. The Bertz CT molecular complexity index is 984. The van der Waals surface area contributed by atoms with Crippen LogP contribution in [0.3, 0.4) is 0 Å². The number of carboxylic acid groups (broad SMARTS) is 1. The molecular formula is C23H26N2O7. The van der Waals surface area contributed by atoms with E-state index in [1.165, 1.54) is 33.5 Å². The van der Waals surface area contributed by atoms with E-state index in [9.17, 15) is 19.5 Å². The summed E-state index contributed by atoms with van der Waals surface area (Å²) in [4.78, 5) is 43.3. The van der Waals surface area contributed by atoms with E-state index < -0.39 is 23.2 Å². The molecule has 1 aliphatic heterocycles. The van der Waals surface area contributed by atoms with Crippen LogP contribution in [0, 0.1) is 0 Å². The Balaban J connectivity index is 1.79. The number of carbonyl (C=O) groups excluding carboxylic acids is 2. The highest BCUT2D eigenvalue weighted by molar-refractivity contribution is 6.43. The number of methoxy groups -OCH3 is 3. The summed E-state index contributed by atoms with van der Waals surface area (Å²) in [5, 5.41) is 9.91. The van der Waals surface area contributed by atoms with Crippen molar-refractivity contribution in [3.63, 3.8) is 0 Å². The number of aliphatic carboxylic acids is 1. The summed E-state index contributed by atoms with van der Waals surface area (Å²) in [5.41, 5.74) is -0.375. The third-order valence-corrected chi connectivity index (χ3v) is 5.81. The summed E-state index contributed by atoms with van der Waals surface area (Å²) in [5.74, 6) is -2.06. The molecule has 0 aliphatic carbocycles. The molecule has 1 aromatic carbocycles. The number of aromatic nitrogens is 1. The zero-order chi connectivity index (χ0) is 23.3. The predicted octanol–water partition coefficient (Wildman–Crippen LogP) is 2.37. The first-order valence-electron chi connectivity index (χ1n) is 10.2. The number of amides is 1. The van der Waals surface area contributed by atoms with Crippen LogP contribution in [-0.4, -0.2) is 66.1 Å². The van der Waals surface area contributed by atoms with Gasteiger partial charge >= 0.3 is 5.97 Å². The number of pyridine rings is 1. The van der Waals surface area contributed by atoms with E-state index >= 15 is 0 Å². The molecule has 2 aromatic rings. The maximum Gasteiger partial charge on any atom is 0.329 e. The van der Waals surface area contributed by atoms with Gasteiger partial charge in [-0.15, -0.1) is 0 Å². The van der Waals surface area contributed by atoms with Gasteiger partial charge in [-0.3, -0.25) is 14.6 Å². The van der Waals surface area contributed by atoms with Gasteiger partial charge in [-0.25, -0.2) is 4.79 Å². The SMILES string of the molecule is COc1cc(C(=O)C(=O)N2CC[C@@]2(CCCc2cccnc2)C(=O)O)cc(OC)c1OC. The highest BCUT2D eigenvalue weighted by Crippen LogP contribution is 2.40. The van der Waals surface area contributed by atoms with E-state index in [1.807, 2.05) is 12.1 Å². The van der Waals surface area contributed by atoms with Gasteiger partial charge in [0.15, 0.2) is 11.5 Å². The smallest absolute Gasteiger partial charge is 0.329 e. The molecule has 1 N–H and O–H groups in total. The number of Topliss-reactive ketones (excluding diaryl/α,β-unsaturated/α-hetero) is 1. The van der Waals surface area contributed by atoms with Crippen LogP contribution >= 0.6 is 0 Å². The molecule has 0 saturated carbocycles. The highest BCUT2D eigenvalue weighted by atomic mass is 16.5. The highest BCUT2D eigenvalue weighted by Gasteiger charge is 2.54. The van der Waals surface area contributed by atoms with E-state index in [-0.39, 0.29) is 30.0 Å². The number of aryl methyl sites for hydroxylation is 1. The lowest BCUT2D eigenvalue weighted by Crippen LogP contribution is -2.67. The molecule has 1 atom stereocenters. The van der Waals surface area contributed by atoms with E-state index in [4.69, 9.17) is 14.2 Å². The zero-order valence-corrected chi connectivity index (χ0v) is 18.3. The van der Waals surface area contributed by atoms with Gasteiger partial charge in [0.05, 0.1) is 21.3 Å². The van der Waals surface area contributed by atoms with Crippen molar-refractivity contribution in [2.45, 2.75) is 31.2 Å². The number of ether oxygens (including phenoxy) is 3. The quantitative estimate of drug-likeness (QED) is 0.440. The van der Waals surface area contributed by atoms with Crippen molar-refractivity contribution in [1.82, 2.24) is 9.88 Å². The molecule has 0 spiro atoms. The van der Waals surface area contributed by atoms with Gasteiger partial charge in [-0.2, -0.15) is 0 Å². The average Bonchev–Trinajstić information content (AvgIpc) is 2.79. The normalized spacial score (nSPS) is 17.3. The molecule has 0 bridgehead atoms. The Kier molecular flexibility index (Phi) is 6.97. The number of hydrogen-bond acceptors (Lipinski definition) is 7. The van der Waals surface area contributed by atoms with Crippen molar-refractivity contribution in [3.8, 4) is 17.2 Å². The van der Waals surface area contributed by atoms with Crippen LogP contribution in [0.25, 0.3) is 0 Å². The monoisotopic (exact) mass is 442 g/mol. The number of benzene rings is 1. The van der Waals surface area contributed by atoms with Gasteiger partial charge < -0.3 is 24.2 Å². The predicted molar refractivity (Wildman–Crippen MR) is 114 cm³/mol. The van der Waals surface area contributed by atoms with Gasteiger partial charge in [0.2, 0.25) is 5.75 Å². The summed E-state index contributed by atoms with van der Waals surface area (Å²) >= 11 is 0. The van der Waals surface area contributed by atoms with Crippen molar-refractivity contribution >= 4 is 17.7 Å². The molecule has 2 heterocycles. The lowest BCUT2D eigenvalue weighted by molar-refractivity contribution is -0.169. The average molecular weight is 442 g/mol. The third kappa shape index (κ3) is 4.23. The Morgan fingerprint density at radius 2 is 1.81 bits per heavy atom. The number of carboxylic acids is 1. The molecule has 170 valence electrons. The number of likely N-dealkylation sites (tertiary alicyclic amines) is 1. The van der Waals surface area contributed by atoms with Crippen LogP contribution in [0.1, 0.15) is 35.2 Å². The first kappa shape index (κ1) is 23.1. The minimum Gasteiger partial charge on any atom is -0.493 e. The summed E-state index contributed by atoms with van der Waals surface area (Å²) in [6.07, 6.45) is 5.11. The number of hydrogen-bond donors (Lipinski definition) is 1. The molecule has 1 saturated heterocycles. The summed E-state index contributed by atoms with van der Waals surface area (Å²) < 4.78 is 15.7. The fraction of sp³-hybridized carbons (Fsp3) is 0.391. The van der Waals surface area contributed by atoms with Crippen molar-refractivity contribution in [2.24, 2.45) is 0 Å². The molecule has 1 aliphatic rings. The molecular weight excluding hydrogens is 416 g/mol. The van der Waals surface area contributed by atoms with Crippen LogP contribution in [0.4, 0.5) is 0 Å². The molecule has 32 heavy (non-hydrogen) atoms. The zero-order valence-electron chi connectivity index (χ0n) is 18.3. The third-order valence-electron chi connectivity index (χ3n) is 5.81. The van der Waals surface area contributed by atoms with Crippen LogP contribution in [0.2, 0.25) is 0 Å². The summed E-state index contributed by atoms with van der Waals surface area (Å²) in [6.45, 7) is 0.203. The largest absolute Gasteiger partial charge is 0.493 e. The van der Waals surface area contributed by atoms with Gasteiger partial charge in [-0.1, -0.05) is 6.07 Å². The van der Waals surface area contributed by atoms with Crippen LogP contribution < -0.4 is 14.2 Å².